The van der Waals surface area contributed by atoms with Crippen molar-refractivity contribution in [1.82, 2.24) is 0 Å². The first-order chi connectivity index (χ1) is 6.52. The van der Waals surface area contributed by atoms with Gasteiger partial charge in [-0.15, -0.1) is 0 Å². The minimum absolute atomic E-state index is 0.190. The van der Waals surface area contributed by atoms with Crippen molar-refractivity contribution < 1.29 is 19.1 Å². The van der Waals surface area contributed by atoms with Crippen molar-refractivity contribution in [2.45, 2.75) is 18.9 Å². The van der Waals surface area contributed by atoms with Gasteiger partial charge in [-0.25, -0.2) is 9.59 Å². The maximum Gasteiger partial charge on any atom is 0.337 e. The number of hydrogen-bond donors (Lipinski definition) is 1. The number of esters is 2. The van der Waals surface area contributed by atoms with Crippen LogP contribution in [0.3, 0.4) is 0 Å². The average molecular weight is 315 g/mol. The summed E-state index contributed by atoms with van der Waals surface area (Å²) in [6.07, 6.45) is 0.207. The van der Waals surface area contributed by atoms with Crippen molar-refractivity contribution in [3.8, 4) is 0 Å². The van der Waals surface area contributed by atoms with Crippen LogP contribution in [0.15, 0.2) is 0 Å². The molecule has 0 amide bonds. The van der Waals surface area contributed by atoms with Crippen LogP contribution >= 0.6 is 22.6 Å². The van der Waals surface area contributed by atoms with E-state index in [1.54, 1.807) is 6.92 Å². The van der Waals surface area contributed by atoms with E-state index in [0.29, 0.717) is 4.43 Å². The molecule has 14 heavy (non-hydrogen) atoms. The van der Waals surface area contributed by atoms with Gasteiger partial charge in [0.2, 0.25) is 5.54 Å². The quantitative estimate of drug-likeness (QED) is 0.340. The molecule has 1 unspecified atom stereocenters. The smallest absolute Gasteiger partial charge is 0.337 e. The van der Waals surface area contributed by atoms with Gasteiger partial charge in [0, 0.05) is 4.43 Å². The fraction of sp³-hybridized carbons (Fsp3) is 0.750. The lowest BCUT2D eigenvalue weighted by Gasteiger charge is -2.22. The number of carbonyl (C=O) groups excluding carboxylic acids is 2. The molecular formula is C8H14INO4. The van der Waals surface area contributed by atoms with Crippen molar-refractivity contribution >= 4 is 34.5 Å². The van der Waals surface area contributed by atoms with Gasteiger partial charge < -0.3 is 15.2 Å². The fourth-order valence-electron chi connectivity index (χ4n) is 0.879. The summed E-state index contributed by atoms with van der Waals surface area (Å²) in [5.41, 5.74) is 3.98. The van der Waals surface area contributed by atoms with E-state index in [0.717, 1.165) is 0 Å². The van der Waals surface area contributed by atoms with Gasteiger partial charge in [0.1, 0.15) is 0 Å². The minimum atomic E-state index is -1.66. The molecule has 6 heteroatoms. The number of halogens is 1. The number of carbonyl (C=O) groups is 2. The topological polar surface area (TPSA) is 78.6 Å². The van der Waals surface area contributed by atoms with Crippen LogP contribution in [0.4, 0.5) is 0 Å². The van der Waals surface area contributed by atoms with Crippen LogP contribution < -0.4 is 5.73 Å². The summed E-state index contributed by atoms with van der Waals surface area (Å²) < 4.78 is 9.75. The first kappa shape index (κ1) is 13.6. The molecule has 0 aromatic heterocycles. The summed E-state index contributed by atoms with van der Waals surface area (Å²) in [6, 6.07) is 0. The second-order valence-electron chi connectivity index (χ2n) is 2.62. The normalized spacial score (nSPS) is 14.3. The number of alkyl halides is 1. The number of hydrogen-bond acceptors (Lipinski definition) is 5. The average Bonchev–Trinajstić information content (AvgIpc) is 2.17. The second kappa shape index (κ2) is 6.18. The zero-order valence-corrected chi connectivity index (χ0v) is 10.4. The summed E-state index contributed by atoms with van der Waals surface area (Å²) in [5, 5.41) is 0. The molecular weight excluding hydrogens is 301 g/mol. The third-order valence-electron chi connectivity index (χ3n) is 1.68. The number of nitrogens with two attached hydrogens (primary N) is 1. The summed E-state index contributed by atoms with van der Waals surface area (Å²) in [6.45, 7) is 1.84. The Morgan fingerprint density at radius 2 is 2.00 bits per heavy atom. The lowest BCUT2D eigenvalue weighted by molar-refractivity contribution is -0.162. The van der Waals surface area contributed by atoms with Crippen molar-refractivity contribution in [3.63, 3.8) is 0 Å². The molecule has 0 rings (SSSR count). The monoisotopic (exact) mass is 315 g/mol. The highest BCUT2D eigenvalue weighted by atomic mass is 127. The number of ether oxygens (including phenoxy) is 2. The SMILES string of the molecule is CCOC(=O)C(N)(CCI)C(=O)OC. The Labute approximate surface area is 96.4 Å². The summed E-state index contributed by atoms with van der Waals surface area (Å²) in [5.74, 6) is -1.49. The fourth-order valence-corrected chi connectivity index (χ4v) is 1.73. The molecule has 1 atom stereocenters. The summed E-state index contributed by atoms with van der Waals surface area (Å²) >= 11 is 2.03. The maximum absolute atomic E-state index is 11.4. The van der Waals surface area contributed by atoms with Gasteiger partial charge >= 0.3 is 11.9 Å². The molecule has 0 spiro atoms. The van der Waals surface area contributed by atoms with Gasteiger partial charge in [0.05, 0.1) is 13.7 Å². The van der Waals surface area contributed by atoms with Gasteiger partial charge in [0.25, 0.3) is 0 Å². The summed E-state index contributed by atoms with van der Waals surface area (Å²) in [4.78, 5) is 22.7. The molecule has 0 radical (unpaired) electrons. The number of methoxy groups -OCH3 is 1. The van der Waals surface area contributed by atoms with E-state index in [1.807, 2.05) is 22.6 Å². The molecule has 0 aliphatic carbocycles. The van der Waals surface area contributed by atoms with E-state index >= 15 is 0 Å². The lowest BCUT2D eigenvalue weighted by atomic mass is 9.98. The second-order valence-corrected chi connectivity index (χ2v) is 3.70. The van der Waals surface area contributed by atoms with Crippen LogP contribution in [0.1, 0.15) is 13.3 Å². The van der Waals surface area contributed by atoms with E-state index < -0.39 is 17.5 Å². The summed E-state index contributed by atoms with van der Waals surface area (Å²) in [7, 11) is 1.19. The molecule has 82 valence electrons. The molecule has 0 fully saturated rings. The molecule has 0 heterocycles. The number of rotatable bonds is 5. The Morgan fingerprint density at radius 1 is 1.43 bits per heavy atom. The van der Waals surface area contributed by atoms with Gasteiger partial charge in [-0.3, -0.25) is 0 Å². The highest BCUT2D eigenvalue weighted by Gasteiger charge is 2.44. The molecule has 0 aromatic carbocycles. The molecule has 0 aliphatic heterocycles. The third kappa shape index (κ3) is 3.09. The van der Waals surface area contributed by atoms with Gasteiger partial charge in [-0.05, 0) is 13.3 Å². The van der Waals surface area contributed by atoms with E-state index in [1.165, 1.54) is 7.11 Å². The van der Waals surface area contributed by atoms with E-state index in [2.05, 4.69) is 4.74 Å². The Morgan fingerprint density at radius 3 is 2.36 bits per heavy atom. The van der Waals surface area contributed by atoms with E-state index in [4.69, 9.17) is 10.5 Å². The molecule has 5 nitrogen and oxygen atoms in total. The molecule has 0 bridgehead atoms. The van der Waals surface area contributed by atoms with Gasteiger partial charge in [-0.1, -0.05) is 22.6 Å². The molecule has 0 saturated heterocycles. The molecule has 0 aliphatic rings. The lowest BCUT2D eigenvalue weighted by Crippen LogP contribution is -2.56. The Kier molecular flexibility index (Phi) is 6.01. The molecule has 0 aromatic rings. The van der Waals surface area contributed by atoms with Crippen molar-refractivity contribution in [3.05, 3.63) is 0 Å². The standard InChI is InChI=1S/C8H14INO4/c1-3-14-7(12)8(10,4-5-9)6(11)13-2/h3-5,10H2,1-2H3. The first-order valence-electron chi connectivity index (χ1n) is 4.13. The zero-order valence-electron chi connectivity index (χ0n) is 8.21. The van der Waals surface area contributed by atoms with E-state index in [9.17, 15) is 9.59 Å². The predicted octanol–water partition coefficient (Wildman–Crippen LogP) is 0.245. The Balaban J connectivity index is 4.69. The van der Waals surface area contributed by atoms with Crippen molar-refractivity contribution in [1.29, 1.82) is 0 Å². The van der Waals surface area contributed by atoms with Crippen LogP contribution in [0.25, 0.3) is 0 Å². The molecule has 2 N–H and O–H groups in total. The van der Waals surface area contributed by atoms with Gasteiger partial charge in [0.15, 0.2) is 0 Å². The van der Waals surface area contributed by atoms with Crippen LogP contribution in [0.2, 0.25) is 0 Å². The van der Waals surface area contributed by atoms with Crippen LogP contribution in [-0.4, -0.2) is 35.6 Å². The Bertz CT molecular complexity index is 221. The highest BCUT2D eigenvalue weighted by molar-refractivity contribution is 14.1. The zero-order chi connectivity index (χ0) is 11.2. The van der Waals surface area contributed by atoms with E-state index in [-0.39, 0.29) is 13.0 Å². The third-order valence-corrected chi connectivity index (χ3v) is 2.22. The van der Waals surface area contributed by atoms with Crippen LogP contribution in [-0.2, 0) is 19.1 Å². The van der Waals surface area contributed by atoms with Crippen molar-refractivity contribution in [2.24, 2.45) is 5.73 Å². The highest BCUT2D eigenvalue weighted by Crippen LogP contribution is 2.13. The van der Waals surface area contributed by atoms with Crippen molar-refractivity contribution in [2.75, 3.05) is 18.1 Å². The van der Waals surface area contributed by atoms with Crippen LogP contribution in [0, 0.1) is 0 Å². The first-order valence-corrected chi connectivity index (χ1v) is 5.66. The largest absolute Gasteiger partial charge is 0.467 e. The predicted molar refractivity (Wildman–Crippen MR) is 59.1 cm³/mol. The minimum Gasteiger partial charge on any atom is -0.467 e. The van der Waals surface area contributed by atoms with Crippen LogP contribution in [0.5, 0.6) is 0 Å². The molecule has 0 saturated carbocycles. The van der Waals surface area contributed by atoms with Gasteiger partial charge in [-0.2, -0.15) is 0 Å². The maximum atomic E-state index is 11.4. The Hall–Kier alpha value is -0.370.